The molecule has 0 aliphatic rings. The molecule has 0 spiro atoms. The van der Waals surface area contributed by atoms with Crippen molar-refractivity contribution in [3.63, 3.8) is 0 Å². The first-order valence-corrected chi connectivity index (χ1v) is 18.8. The molecular weight excluding hydrogens is 685 g/mol. The van der Waals surface area contributed by atoms with Crippen molar-refractivity contribution in [1.29, 1.82) is 0 Å². The van der Waals surface area contributed by atoms with E-state index in [4.69, 9.17) is 19.4 Å². The number of hydrogen-bond acceptors (Lipinski definition) is 4. The monoisotopic (exact) mass is 716 g/mol. The number of aromatic nitrogens is 4. The van der Waals surface area contributed by atoms with Crippen LogP contribution < -0.4 is 0 Å². The molecule has 3 aromatic heterocycles. The van der Waals surface area contributed by atoms with Crippen LogP contribution >= 0.6 is 0 Å². The van der Waals surface area contributed by atoms with E-state index in [9.17, 15) is 0 Å². The van der Waals surface area contributed by atoms with Crippen molar-refractivity contribution in [2.24, 2.45) is 0 Å². The van der Waals surface area contributed by atoms with Gasteiger partial charge in [-0.2, -0.15) is 0 Å². The minimum absolute atomic E-state index is 0.588. The Morgan fingerprint density at radius 3 is 1.62 bits per heavy atom. The maximum absolute atomic E-state index is 6.53. The molecule has 0 radical (unpaired) electrons. The molecule has 0 saturated carbocycles. The fourth-order valence-corrected chi connectivity index (χ4v) is 7.99. The van der Waals surface area contributed by atoms with E-state index in [2.05, 4.69) is 150 Å². The molecule has 5 heteroatoms. The Bertz CT molecular complexity index is 3220. The molecule has 0 aliphatic heterocycles. The number of benzene rings is 8. The molecule has 0 saturated heterocycles. The topological polar surface area (TPSA) is 56.7 Å². The lowest BCUT2D eigenvalue weighted by Gasteiger charge is -2.10. The van der Waals surface area contributed by atoms with Crippen molar-refractivity contribution < 1.29 is 4.42 Å². The van der Waals surface area contributed by atoms with E-state index < -0.39 is 0 Å². The molecule has 0 fully saturated rings. The first kappa shape index (κ1) is 31.9. The van der Waals surface area contributed by atoms with E-state index >= 15 is 0 Å². The third-order valence-corrected chi connectivity index (χ3v) is 10.7. The van der Waals surface area contributed by atoms with Crippen LogP contribution in [0, 0.1) is 0 Å². The van der Waals surface area contributed by atoms with Gasteiger partial charge in [0.25, 0.3) is 0 Å². The second-order valence-corrected chi connectivity index (χ2v) is 14.0. The summed E-state index contributed by atoms with van der Waals surface area (Å²) in [5.74, 6) is 1.81. The number of para-hydroxylation sites is 1. The highest BCUT2D eigenvalue weighted by Gasteiger charge is 2.20. The molecule has 5 nitrogen and oxygen atoms in total. The van der Waals surface area contributed by atoms with Gasteiger partial charge < -0.3 is 8.98 Å². The van der Waals surface area contributed by atoms with Gasteiger partial charge in [-0.05, 0) is 64.7 Å². The normalized spacial score (nSPS) is 11.6. The van der Waals surface area contributed by atoms with Crippen molar-refractivity contribution in [3.05, 3.63) is 194 Å². The largest absolute Gasteiger partial charge is 0.456 e. The number of hydrogen-bond donors (Lipinski definition) is 0. The molecule has 0 aliphatic carbocycles. The second-order valence-electron chi connectivity index (χ2n) is 14.0. The van der Waals surface area contributed by atoms with Crippen LogP contribution in [-0.2, 0) is 0 Å². The number of fused-ring (bicyclic) bond motifs is 6. The minimum Gasteiger partial charge on any atom is -0.456 e. The van der Waals surface area contributed by atoms with Crippen LogP contribution in [0.1, 0.15) is 0 Å². The SMILES string of the molecule is c1ccc(-c2ccc(-c3nc(-c4ccccc4)nc(-c4cccc5oc6ccc(-n7c8ccccc8c8cc(-c9ccccc9)ccc87)cc6c45)n3)cc2)cc1. The minimum atomic E-state index is 0.588. The molecule has 11 rings (SSSR count). The highest BCUT2D eigenvalue weighted by atomic mass is 16.3. The number of rotatable bonds is 6. The van der Waals surface area contributed by atoms with E-state index in [1.807, 2.05) is 48.5 Å². The van der Waals surface area contributed by atoms with E-state index in [1.165, 1.54) is 21.9 Å². The van der Waals surface area contributed by atoms with Crippen LogP contribution in [-0.4, -0.2) is 19.5 Å². The smallest absolute Gasteiger partial charge is 0.164 e. The summed E-state index contributed by atoms with van der Waals surface area (Å²) in [5.41, 5.74) is 12.3. The Hall–Kier alpha value is -7.63. The van der Waals surface area contributed by atoms with Crippen LogP contribution in [0.5, 0.6) is 0 Å². The summed E-state index contributed by atoms with van der Waals surface area (Å²) in [5, 5.41) is 4.38. The van der Waals surface area contributed by atoms with Gasteiger partial charge in [0.05, 0.1) is 11.0 Å². The van der Waals surface area contributed by atoms with Crippen molar-refractivity contribution in [2.45, 2.75) is 0 Å². The van der Waals surface area contributed by atoms with Crippen LogP contribution in [0.4, 0.5) is 0 Å². The number of furan rings is 1. The van der Waals surface area contributed by atoms with Crippen molar-refractivity contribution in [2.75, 3.05) is 0 Å². The fraction of sp³-hybridized carbons (Fsp3) is 0. The zero-order valence-corrected chi connectivity index (χ0v) is 30.2. The van der Waals surface area contributed by atoms with E-state index in [0.29, 0.717) is 17.5 Å². The predicted octanol–water partition coefficient (Wildman–Crippen LogP) is 13.2. The van der Waals surface area contributed by atoms with Crippen LogP contribution in [0.15, 0.2) is 199 Å². The summed E-state index contributed by atoms with van der Waals surface area (Å²) in [6, 6.07) is 67.5. The Kier molecular flexibility index (Phi) is 7.42. The summed E-state index contributed by atoms with van der Waals surface area (Å²) < 4.78 is 8.89. The standard InChI is InChI=1S/C51H32N4O/c1-4-13-33(14-5-1)35-23-25-37(26-24-35)50-52-49(36-17-8-3-9-18-36)53-51(54-50)41-20-12-22-47-48(41)43-32-39(28-30-46(43)56-47)55-44-21-11-10-19-40(44)42-31-38(27-29-45(42)55)34-15-6-2-7-16-34/h1-32H. The lowest BCUT2D eigenvalue weighted by molar-refractivity contribution is 0.669. The maximum Gasteiger partial charge on any atom is 0.164 e. The van der Waals surface area contributed by atoms with Gasteiger partial charge in [-0.3, -0.25) is 0 Å². The van der Waals surface area contributed by atoms with Crippen LogP contribution in [0.25, 0.3) is 106 Å². The molecule has 0 amide bonds. The molecule has 0 N–H and O–H groups in total. The maximum atomic E-state index is 6.53. The lowest BCUT2D eigenvalue weighted by atomic mass is 10.0. The number of nitrogens with zero attached hydrogens (tertiary/aromatic N) is 4. The van der Waals surface area contributed by atoms with Gasteiger partial charge in [0, 0.05) is 43.9 Å². The van der Waals surface area contributed by atoms with Crippen LogP contribution in [0.2, 0.25) is 0 Å². The van der Waals surface area contributed by atoms with Gasteiger partial charge in [-0.15, -0.1) is 0 Å². The lowest BCUT2D eigenvalue weighted by Crippen LogP contribution is -2.00. The zero-order valence-electron chi connectivity index (χ0n) is 30.2. The molecule has 56 heavy (non-hydrogen) atoms. The van der Waals surface area contributed by atoms with Gasteiger partial charge in [-0.25, -0.2) is 15.0 Å². The third-order valence-electron chi connectivity index (χ3n) is 10.7. The molecule has 0 bridgehead atoms. The van der Waals surface area contributed by atoms with Gasteiger partial charge in [0.15, 0.2) is 17.5 Å². The first-order valence-electron chi connectivity index (χ1n) is 18.8. The summed E-state index contributed by atoms with van der Waals surface area (Å²) in [7, 11) is 0. The van der Waals surface area contributed by atoms with Gasteiger partial charge in [0.2, 0.25) is 0 Å². The van der Waals surface area contributed by atoms with Gasteiger partial charge >= 0.3 is 0 Å². The van der Waals surface area contributed by atoms with E-state index in [1.54, 1.807) is 0 Å². The van der Waals surface area contributed by atoms with Crippen molar-refractivity contribution >= 4 is 43.7 Å². The highest BCUT2D eigenvalue weighted by Crippen LogP contribution is 2.40. The summed E-state index contributed by atoms with van der Waals surface area (Å²) in [6.07, 6.45) is 0. The highest BCUT2D eigenvalue weighted by molar-refractivity contribution is 6.14. The molecular formula is C51H32N4O. The average Bonchev–Trinajstić information content (AvgIpc) is 3.82. The second kappa shape index (κ2) is 13.0. The molecule has 3 heterocycles. The Morgan fingerprint density at radius 1 is 0.339 bits per heavy atom. The fourth-order valence-electron chi connectivity index (χ4n) is 7.99. The van der Waals surface area contributed by atoms with Crippen molar-refractivity contribution in [1.82, 2.24) is 19.5 Å². The molecule has 262 valence electrons. The quantitative estimate of drug-likeness (QED) is 0.172. The van der Waals surface area contributed by atoms with Gasteiger partial charge in [0.1, 0.15) is 11.2 Å². The van der Waals surface area contributed by atoms with Gasteiger partial charge in [-0.1, -0.05) is 152 Å². The Labute approximate surface area is 322 Å². The van der Waals surface area contributed by atoms with E-state index in [-0.39, 0.29) is 0 Å². The first-order chi connectivity index (χ1) is 27.7. The Morgan fingerprint density at radius 2 is 0.893 bits per heavy atom. The molecule has 11 aromatic rings. The molecule has 0 unspecified atom stereocenters. The van der Waals surface area contributed by atoms with E-state index in [0.717, 1.165) is 66.5 Å². The Balaban J connectivity index is 1.09. The predicted molar refractivity (Wildman–Crippen MR) is 229 cm³/mol. The zero-order chi connectivity index (χ0) is 37.0. The average molecular weight is 717 g/mol. The third kappa shape index (κ3) is 5.37. The molecule has 0 atom stereocenters. The van der Waals surface area contributed by atoms with Crippen LogP contribution in [0.3, 0.4) is 0 Å². The summed E-state index contributed by atoms with van der Waals surface area (Å²) >= 11 is 0. The summed E-state index contributed by atoms with van der Waals surface area (Å²) in [6.45, 7) is 0. The molecule has 8 aromatic carbocycles. The summed E-state index contributed by atoms with van der Waals surface area (Å²) in [4.78, 5) is 15.3. The van der Waals surface area contributed by atoms with Crippen molar-refractivity contribution in [3.8, 4) is 62.1 Å².